The predicted octanol–water partition coefficient (Wildman–Crippen LogP) is 6.20. The van der Waals surface area contributed by atoms with Crippen LogP contribution in [0.1, 0.15) is 42.7 Å². The minimum absolute atomic E-state index is 0.165. The molecular weight excluding hydrogens is 660 g/mol. The van der Waals surface area contributed by atoms with Crippen LogP contribution in [-0.2, 0) is 33.9 Å². The first kappa shape index (κ1) is 35.4. The number of nitrogens with zero attached hydrogens (tertiary/aromatic N) is 5. The van der Waals surface area contributed by atoms with Gasteiger partial charge in [-0.3, -0.25) is 8.89 Å². The summed E-state index contributed by atoms with van der Waals surface area (Å²) in [5, 5.41) is 9.27. The van der Waals surface area contributed by atoms with Crippen LogP contribution in [0.2, 0.25) is 0 Å². The smallest absolute Gasteiger partial charge is 0.355 e. The normalized spacial score (nSPS) is 14.8. The lowest BCUT2D eigenvalue weighted by Crippen LogP contribution is -2.41. The predicted molar refractivity (Wildman–Crippen MR) is 190 cm³/mol. The quantitative estimate of drug-likeness (QED) is 0.107. The summed E-state index contributed by atoms with van der Waals surface area (Å²) >= 11 is -2.44. The van der Waals surface area contributed by atoms with E-state index in [0.717, 1.165) is 42.6 Å². The Hall–Kier alpha value is -4.43. The number of H-pyrrole nitrogens is 1. The number of benzene rings is 3. The molecule has 1 saturated heterocycles. The highest BCUT2D eigenvalue weighted by Crippen LogP contribution is 2.33. The molecule has 13 heteroatoms. The fraction of sp³-hybridized carbons (Fsp3) is 0.378. The number of aromatic amines is 1. The van der Waals surface area contributed by atoms with Crippen molar-refractivity contribution < 1.29 is 27.4 Å². The summed E-state index contributed by atoms with van der Waals surface area (Å²) < 4.78 is 53.1. The fourth-order valence-corrected chi connectivity index (χ4v) is 7.01. The first-order chi connectivity index (χ1) is 24.2. The van der Waals surface area contributed by atoms with Gasteiger partial charge in [-0.25, -0.2) is 9.18 Å². The summed E-state index contributed by atoms with van der Waals surface area (Å²) in [6.07, 6.45) is 3.61. The number of methoxy groups -OCH3 is 1. The number of halogens is 1. The van der Waals surface area contributed by atoms with Crippen LogP contribution < -0.4 is 4.31 Å². The molecule has 50 heavy (non-hydrogen) atoms. The molecule has 0 bridgehead atoms. The molecule has 0 amide bonds. The van der Waals surface area contributed by atoms with Crippen LogP contribution in [0.3, 0.4) is 0 Å². The number of likely N-dealkylation sites (tertiary alicyclic amines) is 1. The molecule has 6 rings (SSSR count). The summed E-state index contributed by atoms with van der Waals surface area (Å²) in [5.41, 5.74) is 5.35. The number of fused-ring (bicyclic) bond motifs is 1. The van der Waals surface area contributed by atoms with Gasteiger partial charge >= 0.3 is 5.97 Å². The van der Waals surface area contributed by atoms with E-state index in [-0.39, 0.29) is 18.2 Å². The highest BCUT2D eigenvalue weighted by molar-refractivity contribution is 7.80. The second-order valence-electron chi connectivity index (χ2n) is 13.1. The van der Waals surface area contributed by atoms with Gasteiger partial charge in [0.1, 0.15) is 17.2 Å². The Morgan fingerprint density at radius 2 is 1.90 bits per heavy atom. The van der Waals surface area contributed by atoms with Crippen molar-refractivity contribution in [1.29, 1.82) is 0 Å². The molecule has 1 fully saturated rings. The summed E-state index contributed by atoms with van der Waals surface area (Å²) in [7, 11) is 1.63. The zero-order chi connectivity index (χ0) is 35.2. The van der Waals surface area contributed by atoms with Crippen molar-refractivity contribution in [3.63, 3.8) is 0 Å². The molecule has 264 valence electrons. The number of carbonyl (C=O) groups excluding carboxylic acids is 1. The van der Waals surface area contributed by atoms with Crippen molar-refractivity contribution in [2.24, 2.45) is 11.8 Å². The number of esters is 1. The van der Waals surface area contributed by atoms with Gasteiger partial charge in [-0.1, -0.05) is 55.5 Å². The number of hydrogen-bond donors (Lipinski definition) is 1. The molecule has 3 aromatic carbocycles. The second kappa shape index (κ2) is 16.1. The third kappa shape index (κ3) is 8.29. The molecule has 11 nitrogen and oxygen atoms in total. The lowest BCUT2D eigenvalue weighted by Gasteiger charge is -2.34. The minimum atomic E-state index is -2.44. The van der Waals surface area contributed by atoms with Crippen LogP contribution in [0, 0.1) is 17.7 Å². The Bertz CT molecular complexity index is 1940. The molecule has 0 saturated carbocycles. The van der Waals surface area contributed by atoms with Crippen LogP contribution in [0.5, 0.6) is 0 Å². The summed E-state index contributed by atoms with van der Waals surface area (Å²) in [6, 6.07) is 20.0. The van der Waals surface area contributed by atoms with Crippen LogP contribution in [0.15, 0.2) is 72.9 Å². The summed E-state index contributed by atoms with van der Waals surface area (Å²) in [5.74, 6) is -0.437. The van der Waals surface area contributed by atoms with E-state index in [1.54, 1.807) is 24.1 Å². The Balaban J connectivity index is 1.08. The van der Waals surface area contributed by atoms with Gasteiger partial charge in [0.15, 0.2) is 0 Å². The van der Waals surface area contributed by atoms with Crippen molar-refractivity contribution in [3.8, 4) is 22.4 Å². The maximum absolute atomic E-state index is 14.3. The first-order valence-electron chi connectivity index (χ1n) is 16.9. The molecule has 1 unspecified atom stereocenters. The van der Waals surface area contributed by atoms with Crippen molar-refractivity contribution >= 4 is 33.8 Å². The topological polar surface area (TPSA) is 129 Å². The molecule has 0 radical (unpaired) electrons. The van der Waals surface area contributed by atoms with E-state index in [4.69, 9.17) is 9.47 Å². The molecule has 2 aromatic heterocycles. The van der Waals surface area contributed by atoms with Gasteiger partial charge in [-0.2, -0.15) is 0 Å². The van der Waals surface area contributed by atoms with Gasteiger partial charge in [0, 0.05) is 60.2 Å². The van der Waals surface area contributed by atoms with Gasteiger partial charge in [0.05, 0.1) is 19.4 Å². The number of aromatic nitrogens is 4. The minimum Gasteiger partial charge on any atom is -0.755 e. The van der Waals surface area contributed by atoms with Gasteiger partial charge in [-0.15, -0.1) is 5.10 Å². The zero-order valence-electron chi connectivity index (χ0n) is 28.5. The number of carbonyl (C=O) groups is 1. The fourth-order valence-electron chi connectivity index (χ4n) is 6.49. The van der Waals surface area contributed by atoms with Crippen LogP contribution >= 0.6 is 0 Å². The van der Waals surface area contributed by atoms with Crippen molar-refractivity contribution in [1.82, 2.24) is 24.9 Å². The Kier molecular flexibility index (Phi) is 11.4. The van der Waals surface area contributed by atoms with E-state index >= 15 is 0 Å². The molecule has 3 heterocycles. The largest absolute Gasteiger partial charge is 0.755 e. The SMILES string of the molecule is COCc1cc(N(CCN2CCC(Cn3cc(-c4c(C(=O)OCC(C)C)[nH]c5ccc(F)cc45)nn3)CC2)S(=O)[O-])ccc1-c1ccccc1. The van der Waals surface area contributed by atoms with Crippen molar-refractivity contribution in [3.05, 3.63) is 90.0 Å². The number of rotatable bonds is 14. The number of ether oxygens (including phenoxy) is 2. The van der Waals surface area contributed by atoms with Gasteiger partial charge in [0.25, 0.3) is 0 Å². The van der Waals surface area contributed by atoms with Crippen LogP contribution in [-0.4, -0.2) is 79.5 Å². The Morgan fingerprint density at radius 1 is 1.12 bits per heavy atom. The third-order valence-electron chi connectivity index (χ3n) is 9.02. The van der Waals surface area contributed by atoms with E-state index in [2.05, 4.69) is 20.2 Å². The van der Waals surface area contributed by atoms with Crippen molar-refractivity contribution in [2.75, 3.05) is 44.2 Å². The molecule has 0 spiro atoms. The van der Waals surface area contributed by atoms with E-state index in [9.17, 15) is 17.9 Å². The van der Waals surface area contributed by atoms with E-state index < -0.39 is 23.1 Å². The van der Waals surface area contributed by atoms with Gasteiger partial charge < -0.3 is 28.2 Å². The number of nitrogens with one attached hydrogen (secondary N) is 1. The zero-order valence-corrected chi connectivity index (χ0v) is 29.3. The molecule has 1 aliphatic heterocycles. The number of anilines is 1. The molecular formula is C37H42FN6O5S-. The summed E-state index contributed by atoms with van der Waals surface area (Å²) in [6.45, 7) is 7.75. The van der Waals surface area contributed by atoms with Gasteiger partial charge in [-0.05, 0) is 84.8 Å². The van der Waals surface area contributed by atoms with Crippen LogP contribution in [0.4, 0.5) is 10.1 Å². The maximum atomic E-state index is 14.3. The molecule has 1 atom stereocenters. The summed E-state index contributed by atoms with van der Waals surface area (Å²) in [4.78, 5) is 18.4. The monoisotopic (exact) mass is 701 g/mol. The average molecular weight is 702 g/mol. The lowest BCUT2D eigenvalue weighted by atomic mass is 9.97. The van der Waals surface area contributed by atoms with Crippen molar-refractivity contribution in [2.45, 2.75) is 39.8 Å². The van der Waals surface area contributed by atoms with E-state index in [1.807, 2.05) is 62.4 Å². The average Bonchev–Trinajstić information content (AvgIpc) is 3.72. The van der Waals surface area contributed by atoms with Gasteiger partial charge in [0.2, 0.25) is 0 Å². The van der Waals surface area contributed by atoms with E-state index in [1.165, 1.54) is 16.4 Å². The Morgan fingerprint density at radius 3 is 2.62 bits per heavy atom. The molecule has 5 aromatic rings. The highest BCUT2D eigenvalue weighted by atomic mass is 32.2. The third-order valence-corrected chi connectivity index (χ3v) is 9.77. The molecule has 0 aliphatic carbocycles. The van der Waals surface area contributed by atoms with Crippen LogP contribution in [0.25, 0.3) is 33.3 Å². The lowest BCUT2D eigenvalue weighted by molar-refractivity contribution is 0.0454. The first-order valence-corrected chi connectivity index (χ1v) is 17.9. The maximum Gasteiger partial charge on any atom is 0.355 e. The highest BCUT2D eigenvalue weighted by Gasteiger charge is 2.25. The molecule has 1 N–H and O–H groups in total. The second-order valence-corrected chi connectivity index (χ2v) is 14.0. The number of hydrogen-bond acceptors (Lipinski definition) is 8. The number of piperidine rings is 1. The standard InChI is InChI=1S/C37H43FN6O5S/c1-25(2)23-49-37(45)36-35(32-20-29(38)9-12-33(32)39-36)34-22-43(41-40-34)21-26-13-15-42(16-14-26)17-18-44(50(46)47)30-10-11-31(28(19-30)24-48-3)27-7-5-4-6-8-27/h4-12,19-20,22,25-26,39H,13-18,21,23-24H2,1-3H3,(H,46,47)/p-1. The molecule has 1 aliphatic rings. The van der Waals surface area contributed by atoms with E-state index in [0.29, 0.717) is 60.0 Å². The Labute approximate surface area is 293 Å².